The van der Waals surface area contributed by atoms with Gasteiger partial charge in [-0.05, 0) is 24.3 Å². The van der Waals surface area contributed by atoms with Gasteiger partial charge in [0.1, 0.15) is 16.7 Å². The Bertz CT molecular complexity index is 1170. The molecule has 0 saturated heterocycles. The molecule has 0 fully saturated rings. The lowest BCUT2D eigenvalue weighted by Crippen LogP contribution is -2.40. The minimum absolute atomic E-state index is 0.0146. The molecule has 0 saturated carbocycles. The van der Waals surface area contributed by atoms with Crippen molar-refractivity contribution in [1.82, 2.24) is 4.90 Å². The van der Waals surface area contributed by atoms with Crippen molar-refractivity contribution in [1.29, 1.82) is 10.5 Å². The molecule has 2 aliphatic rings. The lowest BCUT2D eigenvalue weighted by molar-refractivity contribution is 0.0841. The second-order valence-corrected chi connectivity index (χ2v) is 7.49. The fourth-order valence-electron chi connectivity index (χ4n) is 3.33. The van der Waals surface area contributed by atoms with E-state index >= 15 is 0 Å². The predicted molar refractivity (Wildman–Crippen MR) is 102 cm³/mol. The number of thioether (sulfide) groups is 1. The summed E-state index contributed by atoms with van der Waals surface area (Å²) in [6.45, 7) is 0. The number of nitrogens with two attached hydrogens (primary N) is 1. The number of carbonyl (C=O) groups excluding carboxylic acids is 1. The van der Waals surface area contributed by atoms with Gasteiger partial charge in [0.2, 0.25) is 0 Å². The molecule has 1 amide bonds. The van der Waals surface area contributed by atoms with Crippen LogP contribution in [0.2, 0.25) is 5.02 Å². The van der Waals surface area contributed by atoms with Crippen LogP contribution in [0.15, 0.2) is 69.4 Å². The number of allylic oxidation sites excluding steroid dienone is 2. The molecular weight excluding hydrogens is 399 g/mol. The van der Waals surface area contributed by atoms with Gasteiger partial charge in [0.05, 0.1) is 34.8 Å². The van der Waals surface area contributed by atoms with Crippen LogP contribution < -0.4 is 5.73 Å². The molecule has 0 bridgehead atoms. The van der Waals surface area contributed by atoms with Crippen molar-refractivity contribution in [3.05, 3.63) is 86.4 Å². The fraction of sp³-hybridized carbons (Fsp3) is 0.0500. The SMILES string of the molecule is N#CC1=C(N)N2C(=O)c3ccccc3SC2=C(C#N)[C@@H]1c1c(F)cccc1Cl. The summed E-state index contributed by atoms with van der Waals surface area (Å²) in [5.41, 5.74) is 6.53. The monoisotopic (exact) mass is 408 g/mol. The van der Waals surface area contributed by atoms with E-state index in [1.807, 2.05) is 12.1 Å². The summed E-state index contributed by atoms with van der Waals surface area (Å²) in [4.78, 5) is 14.8. The van der Waals surface area contributed by atoms with E-state index in [0.717, 1.165) is 4.90 Å². The molecule has 8 heteroatoms. The molecule has 0 radical (unpaired) electrons. The van der Waals surface area contributed by atoms with Crippen LogP contribution in [0.5, 0.6) is 0 Å². The lowest BCUT2D eigenvalue weighted by Gasteiger charge is -2.37. The molecule has 2 aromatic carbocycles. The van der Waals surface area contributed by atoms with Crippen LogP contribution in [-0.4, -0.2) is 10.8 Å². The fourth-order valence-corrected chi connectivity index (χ4v) is 4.77. The largest absolute Gasteiger partial charge is 0.384 e. The van der Waals surface area contributed by atoms with E-state index in [9.17, 15) is 19.7 Å². The zero-order chi connectivity index (χ0) is 20.0. The highest BCUT2D eigenvalue weighted by atomic mass is 35.5. The standard InChI is InChI=1S/C20H10ClFN4OS/c21-13-5-3-6-14(22)17(13)16-11(8-23)18(25)26-19(27)10-4-1-2-7-15(10)28-20(26)12(16)9-24/h1-7,16H,25H2/t16-/m1/s1. The number of nitriles is 2. The number of halogens is 2. The van der Waals surface area contributed by atoms with Crippen molar-refractivity contribution < 1.29 is 9.18 Å². The normalized spacial score (nSPS) is 18.4. The van der Waals surface area contributed by atoms with Gasteiger partial charge in [0.25, 0.3) is 5.91 Å². The van der Waals surface area contributed by atoms with Gasteiger partial charge < -0.3 is 5.73 Å². The number of benzene rings is 2. The molecular formula is C20H10ClFN4OS. The van der Waals surface area contributed by atoms with Crippen LogP contribution >= 0.6 is 23.4 Å². The zero-order valence-electron chi connectivity index (χ0n) is 14.1. The van der Waals surface area contributed by atoms with Crippen molar-refractivity contribution in [3.8, 4) is 12.1 Å². The first-order chi connectivity index (χ1) is 13.5. The summed E-state index contributed by atoms with van der Waals surface area (Å²) in [6.07, 6.45) is 0. The number of hydrogen-bond donors (Lipinski definition) is 1. The van der Waals surface area contributed by atoms with Gasteiger partial charge in [0.15, 0.2) is 0 Å². The lowest BCUT2D eigenvalue weighted by atomic mass is 9.83. The van der Waals surface area contributed by atoms with Gasteiger partial charge in [-0.1, -0.05) is 41.6 Å². The van der Waals surface area contributed by atoms with Gasteiger partial charge in [-0.15, -0.1) is 0 Å². The minimum Gasteiger partial charge on any atom is -0.384 e. The Morgan fingerprint density at radius 2 is 1.82 bits per heavy atom. The number of amides is 1. The zero-order valence-corrected chi connectivity index (χ0v) is 15.7. The molecule has 5 nitrogen and oxygen atoms in total. The topological polar surface area (TPSA) is 93.9 Å². The average molecular weight is 409 g/mol. The maximum absolute atomic E-state index is 14.6. The van der Waals surface area contributed by atoms with E-state index in [2.05, 4.69) is 0 Å². The van der Waals surface area contributed by atoms with Crippen LogP contribution in [0.4, 0.5) is 4.39 Å². The highest BCUT2D eigenvalue weighted by molar-refractivity contribution is 8.03. The highest BCUT2D eigenvalue weighted by Gasteiger charge is 2.43. The third-order valence-electron chi connectivity index (χ3n) is 4.58. The quantitative estimate of drug-likeness (QED) is 0.761. The summed E-state index contributed by atoms with van der Waals surface area (Å²) in [5, 5.41) is 19.9. The molecule has 2 aliphatic heterocycles. The molecule has 2 aromatic rings. The van der Waals surface area contributed by atoms with Gasteiger partial charge >= 0.3 is 0 Å². The second kappa shape index (κ2) is 6.72. The van der Waals surface area contributed by atoms with Gasteiger partial charge in [0, 0.05) is 15.5 Å². The van der Waals surface area contributed by atoms with Crippen molar-refractivity contribution in [2.24, 2.45) is 5.73 Å². The molecule has 1 atom stereocenters. The van der Waals surface area contributed by atoms with Crippen molar-refractivity contribution in [2.75, 3.05) is 0 Å². The van der Waals surface area contributed by atoms with Crippen molar-refractivity contribution in [3.63, 3.8) is 0 Å². The molecule has 28 heavy (non-hydrogen) atoms. The number of nitrogens with zero attached hydrogens (tertiary/aromatic N) is 3. The van der Waals surface area contributed by atoms with Gasteiger partial charge in [-0.3, -0.25) is 9.69 Å². The summed E-state index contributed by atoms with van der Waals surface area (Å²) in [7, 11) is 0. The van der Waals surface area contributed by atoms with Crippen LogP contribution in [0.3, 0.4) is 0 Å². The van der Waals surface area contributed by atoms with E-state index in [-0.39, 0.29) is 32.6 Å². The third-order valence-corrected chi connectivity index (χ3v) is 6.09. The molecule has 0 aromatic heterocycles. The maximum Gasteiger partial charge on any atom is 0.265 e. The van der Waals surface area contributed by atoms with Crippen LogP contribution in [0.25, 0.3) is 0 Å². The summed E-state index contributed by atoms with van der Waals surface area (Å²) in [5.74, 6) is -2.33. The van der Waals surface area contributed by atoms with Gasteiger partial charge in [-0.25, -0.2) is 4.39 Å². The van der Waals surface area contributed by atoms with Crippen molar-refractivity contribution >= 4 is 29.3 Å². The predicted octanol–water partition coefficient (Wildman–Crippen LogP) is 4.25. The Morgan fingerprint density at radius 3 is 2.50 bits per heavy atom. The summed E-state index contributed by atoms with van der Waals surface area (Å²) >= 11 is 7.38. The van der Waals surface area contributed by atoms with Gasteiger partial charge in [-0.2, -0.15) is 10.5 Å². The van der Waals surface area contributed by atoms with Crippen LogP contribution in [-0.2, 0) is 0 Å². The Balaban J connectivity index is 2.04. The first kappa shape index (κ1) is 18.1. The first-order valence-electron chi connectivity index (χ1n) is 8.08. The molecule has 136 valence electrons. The number of carbonyl (C=O) groups is 1. The Kier molecular flexibility index (Phi) is 4.35. The van der Waals surface area contributed by atoms with Crippen LogP contribution in [0, 0.1) is 28.5 Å². The molecule has 0 unspecified atom stereocenters. The Morgan fingerprint density at radius 1 is 1.11 bits per heavy atom. The minimum atomic E-state index is -1.10. The summed E-state index contributed by atoms with van der Waals surface area (Å²) in [6, 6.07) is 15.0. The molecule has 0 aliphatic carbocycles. The second-order valence-electron chi connectivity index (χ2n) is 6.05. The molecule has 2 N–H and O–H groups in total. The van der Waals surface area contributed by atoms with Crippen LogP contribution in [0.1, 0.15) is 21.8 Å². The number of rotatable bonds is 1. The van der Waals surface area contributed by atoms with E-state index in [1.54, 1.807) is 24.3 Å². The Labute approximate surface area is 169 Å². The maximum atomic E-state index is 14.6. The third kappa shape index (κ3) is 2.49. The molecule has 0 spiro atoms. The number of fused-ring (bicyclic) bond motifs is 2. The molecule has 2 heterocycles. The van der Waals surface area contributed by atoms with Crippen molar-refractivity contribution in [2.45, 2.75) is 10.8 Å². The van der Waals surface area contributed by atoms with E-state index in [0.29, 0.717) is 10.5 Å². The summed E-state index contributed by atoms with van der Waals surface area (Å²) < 4.78 is 14.6. The number of hydrogen-bond acceptors (Lipinski definition) is 5. The molecule has 4 rings (SSSR count). The van der Waals surface area contributed by atoms with E-state index < -0.39 is 17.6 Å². The highest BCUT2D eigenvalue weighted by Crippen LogP contribution is 2.50. The average Bonchev–Trinajstić information content (AvgIpc) is 2.68. The van der Waals surface area contributed by atoms with E-state index in [4.69, 9.17) is 17.3 Å². The smallest absolute Gasteiger partial charge is 0.265 e. The first-order valence-corrected chi connectivity index (χ1v) is 9.28. The Hall–Kier alpha value is -3.26. The van der Waals surface area contributed by atoms with E-state index in [1.165, 1.54) is 30.0 Å².